The molecule has 1 fully saturated rings. The van der Waals surface area contributed by atoms with Gasteiger partial charge >= 0.3 is 0 Å². The molecule has 44 heavy (non-hydrogen) atoms. The number of carbonyl (C=O) groups is 2. The van der Waals surface area contributed by atoms with Crippen LogP contribution in [0.2, 0.25) is 0 Å². The van der Waals surface area contributed by atoms with Gasteiger partial charge in [-0.05, 0) is 48.7 Å². The number of hydrogen-bond acceptors (Lipinski definition) is 8. The van der Waals surface area contributed by atoms with Crippen molar-refractivity contribution in [1.82, 2.24) is 9.55 Å². The van der Waals surface area contributed by atoms with Crippen LogP contribution in [0.5, 0.6) is 17.2 Å². The molecular weight excluding hydrogens is 562 g/mol. The van der Waals surface area contributed by atoms with Crippen LogP contribution in [-0.2, 0) is 6.54 Å². The van der Waals surface area contributed by atoms with Crippen molar-refractivity contribution in [3.8, 4) is 17.2 Å². The summed E-state index contributed by atoms with van der Waals surface area (Å²) >= 11 is 0. The van der Waals surface area contributed by atoms with Crippen LogP contribution in [0.1, 0.15) is 38.7 Å². The zero-order chi connectivity index (χ0) is 30.8. The van der Waals surface area contributed by atoms with Gasteiger partial charge in [-0.15, -0.1) is 0 Å². The number of hydrogen-bond donors (Lipinski definition) is 2. The molecule has 11 nitrogen and oxygen atoms in total. The third-order valence-corrected chi connectivity index (χ3v) is 8.17. The predicted molar refractivity (Wildman–Crippen MR) is 166 cm³/mol. The summed E-state index contributed by atoms with van der Waals surface area (Å²) in [6.45, 7) is 2.03. The minimum Gasteiger partial charge on any atom is -0.493 e. The smallest absolute Gasteiger partial charge is 0.257 e. The monoisotopic (exact) mass is 595 g/mol. The Morgan fingerprint density at radius 2 is 1.61 bits per heavy atom. The van der Waals surface area contributed by atoms with Gasteiger partial charge in [-0.2, -0.15) is 0 Å². The first-order valence-electron chi connectivity index (χ1n) is 14.3. The molecule has 4 heterocycles. The van der Waals surface area contributed by atoms with Gasteiger partial charge in [0.2, 0.25) is 5.75 Å². The summed E-state index contributed by atoms with van der Waals surface area (Å²) in [5, 5.41) is 5.91. The maximum atomic E-state index is 13.5. The normalized spacial score (nSPS) is 16.8. The highest BCUT2D eigenvalue weighted by molar-refractivity contribution is 6.09. The highest BCUT2D eigenvalue weighted by atomic mass is 16.5. The third-order valence-electron chi connectivity index (χ3n) is 8.17. The number of carbonyl (C=O) groups excluding carboxylic acids is 2. The average Bonchev–Trinajstić information content (AvgIpc) is 3.05. The van der Waals surface area contributed by atoms with Crippen molar-refractivity contribution in [3.05, 3.63) is 100 Å². The van der Waals surface area contributed by atoms with E-state index in [9.17, 15) is 14.4 Å². The Hall–Kier alpha value is -5.32. The summed E-state index contributed by atoms with van der Waals surface area (Å²) in [4.78, 5) is 45.6. The molecule has 226 valence electrons. The molecule has 4 aromatic rings. The zero-order valence-corrected chi connectivity index (χ0v) is 24.7. The molecule has 2 amide bonds. The van der Waals surface area contributed by atoms with Crippen LogP contribution in [0.4, 0.5) is 17.1 Å². The highest BCUT2D eigenvalue weighted by Crippen LogP contribution is 2.41. The molecule has 2 aromatic heterocycles. The number of fused-ring (bicyclic) bond motifs is 4. The summed E-state index contributed by atoms with van der Waals surface area (Å²) in [5.74, 6) is 0.939. The molecule has 2 N–H and O–H groups in total. The van der Waals surface area contributed by atoms with E-state index in [-0.39, 0.29) is 29.2 Å². The maximum Gasteiger partial charge on any atom is 0.257 e. The first-order valence-corrected chi connectivity index (χ1v) is 14.3. The minimum absolute atomic E-state index is 0.0255. The van der Waals surface area contributed by atoms with Crippen molar-refractivity contribution >= 4 is 28.9 Å². The van der Waals surface area contributed by atoms with Gasteiger partial charge in [0.05, 0.1) is 38.3 Å². The molecule has 2 aliphatic rings. The van der Waals surface area contributed by atoms with Crippen molar-refractivity contribution in [2.75, 3.05) is 50.0 Å². The number of piperidine rings is 1. The van der Waals surface area contributed by atoms with Crippen LogP contribution < -0.4 is 35.3 Å². The van der Waals surface area contributed by atoms with E-state index in [4.69, 9.17) is 14.2 Å². The van der Waals surface area contributed by atoms with Crippen LogP contribution in [-0.4, -0.2) is 55.8 Å². The largest absolute Gasteiger partial charge is 0.493 e. The van der Waals surface area contributed by atoms with E-state index in [0.717, 1.165) is 17.8 Å². The van der Waals surface area contributed by atoms with Crippen LogP contribution in [0.15, 0.2) is 77.9 Å². The van der Waals surface area contributed by atoms with Gasteiger partial charge in [-0.1, -0.05) is 6.07 Å². The fraction of sp³-hybridized carbons (Fsp3) is 0.273. The van der Waals surface area contributed by atoms with E-state index in [2.05, 4.69) is 20.5 Å². The lowest BCUT2D eigenvalue weighted by Gasteiger charge is -2.44. The molecule has 0 radical (unpaired) electrons. The van der Waals surface area contributed by atoms with E-state index >= 15 is 0 Å². The number of aromatic nitrogens is 2. The molecule has 0 saturated carbocycles. The van der Waals surface area contributed by atoms with Gasteiger partial charge in [-0.3, -0.25) is 19.4 Å². The van der Waals surface area contributed by atoms with Crippen molar-refractivity contribution in [2.24, 2.45) is 5.92 Å². The summed E-state index contributed by atoms with van der Waals surface area (Å²) < 4.78 is 18.1. The number of methoxy groups -OCH3 is 3. The van der Waals surface area contributed by atoms with Crippen LogP contribution in [0.3, 0.4) is 0 Å². The number of ether oxygens (including phenoxy) is 3. The predicted octanol–water partition coefficient (Wildman–Crippen LogP) is 4.40. The minimum atomic E-state index is -0.383. The van der Waals surface area contributed by atoms with Crippen molar-refractivity contribution in [3.63, 3.8) is 0 Å². The Labute approximate surface area is 254 Å². The summed E-state index contributed by atoms with van der Waals surface area (Å²) in [7, 11) is 4.52. The lowest BCUT2D eigenvalue weighted by Crippen LogP contribution is -2.47. The lowest BCUT2D eigenvalue weighted by molar-refractivity contribution is 0.101. The van der Waals surface area contributed by atoms with E-state index in [1.54, 1.807) is 48.7 Å². The van der Waals surface area contributed by atoms with E-state index in [0.29, 0.717) is 59.4 Å². The van der Waals surface area contributed by atoms with E-state index in [1.807, 2.05) is 22.8 Å². The molecule has 6 rings (SSSR count). The topological polar surface area (TPSA) is 124 Å². The number of benzene rings is 2. The van der Waals surface area contributed by atoms with Crippen LogP contribution in [0.25, 0.3) is 0 Å². The molecule has 0 aliphatic carbocycles. The van der Waals surface area contributed by atoms with Gasteiger partial charge in [-0.25, -0.2) is 0 Å². The molecular formula is C33H33N5O6. The molecule has 0 spiro atoms. The highest BCUT2D eigenvalue weighted by Gasteiger charge is 2.35. The van der Waals surface area contributed by atoms with Crippen LogP contribution in [0, 0.1) is 5.92 Å². The molecule has 2 atom stereocenters. The number of rotatable bonds is 8. The molecule has 11 heteroatoms. The molecule has 1 saturated heterocycles. The second kappa shape index (κ2) is 12.1. The van der Waals surface area contributed by atoms with Gasteiger partial charge in [0.25, 0.3) is 17.4 Å². The quantitative estimate of drug-likeness (QED) is 0.307. The molecule has 2 bridgehead atoms. The van der Waals surface area contributed by atoms with Crippen molar-refractivity contribution in [2.45, 2.75) is 18.9 Å². The second-order valence-corrected chi connectivity index (χ2v) is 10.9. The first-order chi connectivity index (χ1) is 21.4. The third kappa shape index (κ3) is 5.56. The first kappa shape index (κ1) is 28.8. The molecule has 2 aliphatic heterocycles. The van der Waals surface area contributed by atoms with Gasteiger partial charge in [0, 0.05) is 73.1 Å². The Morgan fingerprint density at radius 3 is 2.32 bits per heavy atom. The zero-order valence-electron chi connectivity index (χ0n) is 24.7. The summed E-state index contributed by atoms with van der Waals surface area (Å²) in [5.41, 5.74) is 3.55. The van der Waals surface area contributed by atoms with Crippen molar-refractivity contribution in [1.29, 1.82) is 0 Å². The SMILES string of the molecule is COc1cc(NC(=O)c2ccc(N3CC4CC(C3)c3cccc(=O)n3C4)c(NC(=O)c3cccnc3)c2)cc(OC)c1OC. The number of nitrogens with zero attached hydrogens (tertiary/aromatic N) is 3. The Balaban J connectivity index is 1.32. The second-order valence-electron chi connectivity index (χ2n) is 10.9. The fourth-order valence-electron chi connectivity index (χ4n) is 6.19. The van der Waals surface area contributed by atoms with Gasteiger partial charge in [0.15, 0.2) is 11.5 Å². The standard InChI is InChI=1S/C33H33N5O6/c1-42-28-14-24(15-29(43-2)31(28)44-3)35-32(40)21-9-10-27(25(13-21)36-33(41)22-6-5-11-34-16-22)37-17-20-12-23(19-37)26-7-4-8-30(39)38(26)18-20/h4-11,13-16,20,23H,12,17-19H2,1-3H3,(H,35,40)(H,36,41). The summed E-state index contributed by atoms with van der Waals surface area (Å²) in [6.07, 6.45) is 4.09. The number of pyridine rings is 2. The van der Waals surface area contributed by atoms with E-state index < -0.39 is 0 Å². The van der Waals surface area contributed by atoms with Gasteiger partial charge < -0.3 is 34.3 Å². The number of anilines is 3. The molecule has 2 aromatic carbocycles. The van der Waals surface area contributed by atoms with Crippen molar-refractivity contribution < 1.29 is 23.8 Å². The Kier molecular flexibility index (Phi) is 7.93. The molecule has 2 unspecified atom stereocenters. The van der Waals surface area contributed by atoms with Gasteiger partial charge in [0.1, 0.15) is 0 Å². The summed E-state index contributed by atoms with van der Waals surface area (Å²) in [6, 6.07) is 17.4. The maximum absolute atomic E-state index is 13.5. The fourth-order valence-corrected chi connectivity index (χ4v) is 6.19. The number of amides is 2. The Morgan fingerprint density at radius 1 is 0.841 bits per heavy atom. The average molecular weight is 596 g/mol. The number of nitrogens with one attached hydrogen (secondary N) is 2. The van der Waals surface area contributed by atoms with Crippen LogP contribution >= 0.6 is 0 Å². The Bertz CT molecular complexity index is 1750. The van der Waals surface area contributed by atoms with E-state index in [1.165, 1.54) is 27.5 Å². The lowest BCUT2D eigenvalue weighted by atomic mass is 9.83.